The molecule has 2 heterocycles. The van der Waals surface area contributed by atoms with Gasteiger partial charge in [-0.25, -0.2) is 9.97 Å². The van der Waals surface area contributed by atoms with Gasteiger partial charge < -0.3 is 11.1 Å². The lowest BCUT2D eigenvalue weighted by atomic mass is 10.00. The van der Waals surface area contributed by atoms with Crippen molar-refractivity contribution in [1.29, 1.82) is 0 Å². The summed E-state index contributed by atoms with van der Waals surface area (Å²) in [7, 11) is 0. The molecule has 0 aliphatic rings. The first-order valence-corrected chi connectivity index (χ1v) is 9.26. The van der Waals surface area contributed by atoms with Gasteiger partial charge >= 0.3 is 0 Å². The highest BCUT2D eigenvalue weighted by molar-refractivity contribution is 7.17. The van der Waals surface area contributed by atoms with Crippen LogP contribution in [0.2, 0.25) is 0 Å². The topological polar surface area (TPSA) is 80.9 Å². The molecule has 2 aromatic carbocycles. The fourth-order valence-electron chi connectivity index (χ4n) is 3.16. The van der Waals surface area contributed by atoms with E-state index in [1.54, 1.807) is 11.3 Å². The number of hydrogen-bond donors (Lipinski definition) is 2. The average molecular weight is 362 g/mol. The van der Waals surface area contributed by atoms with Crippen LogP contribution in [0.4, 0.5) is 5.82 Å². The van der Waals surface area contributed by atoms with Crippen molar-refractivity contribution in [2.45, 2.75) is 19.4 Å². The molecule has 0 unspecified atom stereocenters. The SMILES string of the molecule is C[C@@H](Nc1nc(CC(N)=O)nc2ccsc12)c1cccc2ccccc12. The Kier molecular flexibility index (Phi) is 4.26. The molecule has 6 heteroatoms. The predicted molar refractivity (Wildman–Crippen MR) is 106 cm³/mol. The minimum atomic E-state index is -0.437. The number of thiophene rings is 1. The van der Waals surface area contributed by atoms with Crippen LogP contribution in [0.5, 0.6) is 0 Å². The number of hydrogen-bond acceptors (Lipinski definition) is 5. The Balaban J connectivity index is 1.74. The molecule has 2 aromatic heterocycles. The van der Waals surface area contributed by atoms with Gasteiger partial charge in [0.25, 0.3) is 0 Å². The maximum Gasteiger partial charge on any atom is 0.225 e. The zero-order valence-electron chi connectivity index (χ0n) is 14.3. The number of carbonyl (C=O) groups excluding carboxylic acids is 1. The fraction of sp³-hybridized carbons (Fsp3) is 0.150. The molecule has 1 atom stereocenters. The van der Waals surface area contributed by atoms with Gasteiger partial charge in [0.05, 0.1) is 22.7 Å². The second-order valence-electron chi connectivity index (χ2n) is 6.20. The Morgan fingerprint density at radius 2 is 1.96 bits per heavy atom. The van der Waals surface area contributed by atoms with Gasteiger partial charge in [-0.1, -0.05) is 42.5 Å². The number of benzene rings is 2. The van der Waals surface area contributed by atoms with Crippen LogP contribution < -0.4 is 11.1 Å². The molecule has 0 bridgehead atoms. The number of anilines is 1. The maximum absolute atomic E-state index is 11.3. The maximum atomic E-state index is 11.3. The van der Waals surface area contributed by atoms with Crippen molar-refractivity contribution >= 4 is 44.1 Å². The summed E-state index contributed by atoms with van der Waals surface area (Å²) < 4.78 is 0.977. The molecular weight excluding hydrogens is 344 g/mol. The number of nitrogens with two attached hydrogens (primary N) is 1. The Labute approximate surface area is 154 Å². The number of nitrogens with one attached hydrogen (secondary N) is 1. The number of nitrogens with zero attached hydrogens (tertiary/aromatic N) is 2. The van der Waals surface area contributed by atoms with Gasteiger partial charge in [0, 0.05) is 0 Å². The lowest BCUT2D eigenvalue weighted by Gasteiger charge is -2.18. The van der Waals surface area contributed by atoms with Gasteiger partial charge in [-0.15, -0.1) is 11.3 Å². The highest BCUT2D eigenvalue weighted by Gasteiger charge is 2.15. The summed E-state index contributed by atoms with van der Waals surface area (Å²) in [5, 5.41) is 7.89. The molecule has 0 aliphatic heterocycles. The van der Waals surface area contributed by atoms with Crippen LogP contribution in [0.3, 0.4) is 0 Å². The average Bonchev–Trinajstić information content (AvgIpc) is 3.09. The third kappa shape index (κ3) is 3.11. The van der Waals surface area contributed by atoms with Crippen molar-refractivity contribution in [2.75, 3.05) is 5.32 Å². The molecule has 26 heavy (non-hydrogen) atoms. The summed E-state index contributed by atoms with van der Waals surface area (Å²) >= 11 is 1.58. The lowest BCUT2D eigenvalue weighted by molar-refractivity contribution is -0.117. The normalized spacial score (nSPS) is 12.3. The number of amides is 1. The van der Waals surface area contributed by atoms with Gasteiger partial charge in [0.1, 0.15) is 11.6 Å². The smallest absolute Gasteiger partial charge is 0.225 e. The van der Waals surface area contributed by atoms with Crippen LogP contribution in [0, 0.1) is 0 Å². The number of fused-ring (bicyclic) bond motifs is 2. The highest BCUT2D eigenvalue weighted by atomic mass is 32.1. The Morgan fingerprint density at radius 1 is 1.15 bits per heavy atom. The number of aromatic nitrogens is 2. The van der Waals surface area contributed by atoms with E-state index >= 15 is 0 Å². The van der Waals surface area contributed by atoms with Crippen molar-refractivity contribution in [2.24, 2.45) is 5.73 Å². The second-order valence-corrected chi connectivity index (χ2v) is 7.12. The monoisotopic (exact) mass is 362 g/mol. The molecule has 0 radical (unpaired) electrons. The Morgan fingerprint density at radius 3 is 2.81 bits per heavy atom. The summed E-state index contributed by atoms with van der Waals surface area (Å²) in [5.41, 5.74) is 7.34. The van der Waals surface area contributed by atoms with Gasteiger partial charge in [-0.05, 0) is 34.7 Å². The van der Waals surface area contributed by atoms with E-state index in [0.29, 0.717) is 5.82 Å². The summed E-state index contributed by atoms with van der Waals surface area (Å²) in [5.74, 6) is 0.741. The molecule has 4 rings (SSSR count). The molecule has 1 amide bonds. The zero-order chi connectivity index (χ0) is 18.1. The zero-order valence-corrected chi connectivity index (χ0v) is 15.1. The molecule has 0 fully saturated rings. The number of primary amides is 1. The molecule has 3 N–H and O–H groups in total. The van der Waals surface area contributed by atoms with E-state index in [4.69, 9.17) is 5.73 Å². The molecular formula is C20H18N4OS. The van der Waals surface area contributed by atoms with Crippen LogP contribution in [-0.4, -0.2) is 15.9 Å². The molecule has 0 aliphatic carbocycles. The first-order chi connectivity index (χ1) is 12.6. The first-order valence-electron chi connectivity index (χ1n) is 8.38. The van der Waals surface area contributed by atoms with Crippen LogP contribution in [0.15, 0.2) is 53.9 Å². The molecule has 0 spiro atoms. The molecule has 5 nitrogen and oxygen atoms in total. The molecule has 0 saturated carbocycles. The first kappa shape index (κ1) is 16.5. The van der Waals surface area contributed by atoms with E-state index < -0.39 is 5.91 Å². The van der Waals surface area contributed by atoms with Crippen molar-refractivity contribution in [1.82, 2.24) is 9.97 Å². The van der Waals surface area contributed by atoms with E-state index in [-0.39, 0.29) is 12.5 Å². The quantitative estimate of drug-likeness (QED) is 0.561. The van der Waals surface area contributed by atoms with E-state index in [2.05, 4.69) is 52.5 Å². The van der Waals surface area contributed by atoms with E-state index in [1.165, 1.54) is 16.3 Å². The van der Waals surface area contributed by atoms with Crippen molar-refractivity contribution < 1.29 is 4.79 Å². The van der Waals surface area contributed by atoms with E-state index in [0.717, 1.165) is 16.0 Å². The van der Waals surface area contributed by atoms with E-state index in [1.807, 2.05) is 23.6 Å². The summed E-state index contributed by atoms with van der Waals surface area (Å²) in [6.07, 6.45) is 0.0309. The molecule has 130 valence electrons. The van der Waals surface area contributed by atoms with Gasteiger partial charge in [-0.3, -0.25) is 4.79 Å². The van der Waals surface area contributed by atoms with Gasteiger partial charge in [0.2, 0.25) is 5.91 Å². The third-order valence-corrected chi connectivity index (χ3v) is 5.24. The van der Waals surface area contributed by atoms with Crippen molar-refractivity contribution in [3.05, 3.63) is 65.3 Å². The summed E-state index contributed by atoms with van der Waals surface area (Å²) in [6, 6.07) is 16.6. The van der Waals surface area contributed by atoms with Crippen molar-refractivity contribution in [3.8, 4) is 0 Å². The standard InChI is InChI=1S/C20H18N4OS/c1-12(14-8-4-6-13-5-2-3-7-15(13)14)22-20-19-16(9-10-26-19)23-18(24-20)11-17(21)25/h2-10,12H,11H2,1H3,(H2,21,25)(H,22,23,24)/t12-/m1/s1. The number of rotatable bonds is 5. The number of carbonyl (C=O) groups is 1. The Hall–Kier alpha value is -2.99. The predicted octanol–water partition coefficient (Wildman–Crippen LogP) is 4.05. The fourth-order valence-corrected chi connectivity index (χ4v) is 3.94. The lowest BCUT2D eigenvalue weighted by Crippen LogP contribution is -2.17. The van der Waals surface area contributed by atoms with Crippen LogP contribution in [0.1, 0.15) is 24.4 Å². The molecule has 0 saturated heterocycles. The van der Waals surface area contributed by atoms with Crippen molar-refractivity contribution in [3.63, 3.8) is 0 Å². The summed E-state index contributed by atoms with van der Waals surface area (Å²) in [4.78, 5) is 20.2. The minimum absolute atomic E-state index is 0.0309. The van der Waals surface area contributed by atoms with Gasteiger partial charge in [-0.2, -0.15) is 0 Å². The summed E-state index contributed by atoms with van der Waals surface area (Å²) in [6.45, 7) is 2.11. The largest absolute Gasteiger partial charge is 0.369 e. The van der Waals surface area contributed by atoms with Crippen LogP contribution in [0.25, 0.3) is 21.0 Å². The molecule has 4 aromatic rings. The highest BCUT2D eigenvalue weighted by Crippen LogP contribution is 2.31. The van der Waals surface area contributed by atoms with Crippen LogP contribution in [-0.2, 0) is 11.2 Å². The third-order valence-electron chi connectivity index (χ3n) is 4.33. The van der Waals surface area contributed by atoms with E-state index in [9.17, 15) is 4.79 Å². The Bertz CT molecular complexity index is 1100. The van der Waals surface area contributed by atoms with Crippen LogP contribution >= 0.6 is 11.3 Å². The van der Waals surface area contributed by atoms with Gasteiger partial charge in [0.15, 0.2) is 0 Å². The second kappa shape index (κ2) is 6.72. The minimum Gasteiger partial charge on any atom is -0.369 e.